The first-order valence-electron chi connectivity index (χ1n) is 18.4. The second kappa shape index (κ2) is 19.0. The van der Waals surface area contributed by atoms with Gasteiger partial charge in [0.1, 0.15) is 41.5 Å². The molecule has 2 aromatic rings. The Morgan fingerprint density at radius 1 is 0.891 bits per heavy atom. The lowest BCUT2D eigenvalue weighted by atomic mass is 9.87. The average Bonchev–Trinajstić information content (AvgIpc) is 3.12. The molecule has 1 fully saturated rings. The van der Waals surface area contributed by atoms with Crippen molar-refractivity contribution in [3.05, 3.63) is 60.2 Å². The summed E-state index contributed by atoms with van der Waals surface area (Å²) in [6, 6.07) is 9.41. The van der Waals surface area contributed by atoms with E-state index in [2.05, 4.69) is 6.58 Å². The molecule has 302 valence electrons. The van der Waals surface area contributed by atoms with Crippen LogP contribution in [0.25, 0.3) is 0 Å². The Balaban J connectivity index is 1.96. The highest BCUT2D eigenvalue weighted by atomic mass is 16.6. The largest absolute Gasteiger partial charge is 0.493 e. The number of ether oxygens (including phenoxy) is 7. The molecule has 0 saturated carbocycles. The van der Waals surface area contributed by atoms with Gasteiger partial charge in [0.15, 0.2) is 18.1 Å². The minimum absolute atomic E-state index is 0.171. The number of nitrogens with zero attached hydrogens (tertiary/aromatic N) is 1. The second-order valence-corrected chi connectivity index (χ2v) is 16.0. The van der Waals surface area contributed by atoms with Crippen molar-refractivity contribution in [1.29, 1.82) is 0 Å². The first-order valence-corrected chi connectivity index (χ1v) is 18.4. The molecule has 3 rings (SSSR count). The lowest BCUT2D eigenvalue weighted by Gasteiger charge is -2.36. The third-order valence-electron chi connectivity index (χ3n) is 8.51. The minimum Gasteiger partial charge on any atom is -0.493 e. The van der Waals surface area contributed by atoms with Crippen LogP contribution >= 0.6 is 0 Å². The van der Waals surface area contributed by atoms with Crippen LogP contribution in [-0.4, -0.2) is 85.7 Å². The predicted molar refractivity (Wildman–Crippen MR) is 204 cm³/mol. The van der Waals surface area contributed by atoms with E-state index in [0.717, 1.165) is 11.6 Å². The third-order valence-corrected chi connectivity index (χ3v) is 8.51. The summed E-state index contributed by atoms with van der Waals surface area (Å²) in [7, 11) is 3.08. The molecule has 1 saturated heterocycles. The van der Waals surface area contributed by atoms with Crippen LogP contribution in [0.1, 0.15) is 98.3 Å². The van der Waals surface area contributed by atoms with Crippen LogP contribution in [0, 0.1) is 5.41 Å². The van der Waals surface area contributed by atoms with Gasteiger partial charge >= 0.3 is 17.9 Å². The lowest BCUT2D eigenvalue weighted by Crippen LogP contribution is -2.53. The van der Waals surface area contributed by atoms with Crippen molar-refractivity contribution < 1.29 is 57.1 Å². The SMILES string of the molecule is C=CC(=O)OCC(C)(C)C(=O)C(=O)N1CCCC[C@H]1C(=O)O[C@H](CCc1cc(OC)c(OC)cc1OC(C)(C)C)c1cccc(OCC(=O)OC(C)(C)C)c1. The maximum absolute atomic E-state index is 14.1. The van der Waals surface area contributed by atoms with Gasteiger partial charge in [-0.2, -0.15) is 0 Å². The first kappa shape index (κ1) is 44.3. The van der Waals surface area contributed by atoms with Crippen LogP contribution < -0.4 is 18.9 Å². The number of benzene rings is 2. The van der Waals surface area contributed by atoms with Crippen LogP contribution in [0.4, 0.5) is 0 Å². The summed E-state index contributed by atoms with van der Waals surface area (Å²) in [4.78, 5) is 66.6. The first-order chi connectivity index (χ1) is 25.7. The van der Waals surface area contributed by atoms with E-state index in [4.69, 9.17) is 33.2 Å². The van der Waals surface area contributed by atoms with E-state index in [1.165, 1.54) is 33.0 Å². The average molecular weight is 768 g/mol. The topological polar surface area (TPSA) is 153 Å². The summed E-state index contributed by atoms with van der Waals surface area (Å²) in [6.07, 6.45) is 2.24. The second-order valence-electron chi connectivity index (χ2n) is 16.0. The van der Waals surface area contributed by atoms with Gasteiger partial charge in [0.2, 0.25) is 5.78 Å². The minimum atomic E-state index is -1.35. The molecule has 13 nitrogen and oxygen atoms in total. The number of rotatable bonds is 17. The Bertz CT molecular complexity index is 1700. The van der Waals surface area contributed by atoms with E-state index in [9.17, 15) is 24.0 Å². The van der Waals surface area contributed by atoms with Gasteiger partial charge < -0.3 is 38.1 Å². The van der Waals surface area contributed by atoms with Crippen molar-refractivity contribution in [2.45, 2.75) is 111 Å². The molecule has 1 heterocycles. The van der Waals surface area contributed by atoms with Crippen LogP contribution in [0.2, 0.25) is 0 Å². The Hall–Kier alpha value is -5.07. The van der Waals surface area contributed by atoms with Crippen LogP contribution in [0.5, 0.6) is 23.0 Å². The molecule has 1 amide bonds. The van der Waals surface area contributed by atoms with Gasteiger partial charge in [-0.3, -0.25) is 9.59 Å². The van der Waals surface area contributed by atoms with Crippen molar-refractivity contribution in [2.75, 3.05) is 34.0 Å². The maximum Gasteiger partial charge on any atom is 0.344 e. The molecule has 0 aliphatic carbocycles. The fourth-order valence-electron chi connectivity index (χ4n) is 5.86. The van der Waals surface area contributed by atoms with E-state index in [0.29, 0.717) is 47.8 Å². The van der Waals surface area contributed by atoms with Gasteiger partial charge in [0.25, 0.3) is 5.91 Å². The number of amides is 1. The molecule has 1 aliphatic heterocycles. The van der Waals surface area contributed by atoms with Crippen LogP contribution in [0.15, 0.2) is 49.1 Å². The zero-order valence-corrected chi connectivity index (χ0v) is 33.9. The number of piperidine rings is 1. The standard InChI is InChI=1S/C42H57NO12/c1-12-35(44)52-26-42(8,9)37(46)38(47)43-21-14-13-18-30(43)39(48)53-31(27-16-15-17-29(22-27)51-25-36(45)55-41(5,6)7)20-19-28-23-33(49-10)34(50-11)24-32(28)54-40(2,3)4/h12,15-17,22-24,30-31H,1,13-14,18-21,25-26H2,2-11H3/t30-,31+/m0/s1. The molecule has 1 aliphatic rings. The molecule has 55 heavy (non-hydrogen) atoms. The van der Waals surface area contributed by atoms with Crippen molar-refractivity contribution in [3.8, 4) is 23.0 Å². The number of hydrogen-bond acceptors (Lipinski definition) is 12. The van der Waals surface area contributed by atoms with E-state index >= 15 is 0 Å². The fraction of sp³-hybridized carbons (Fsp3) is 0.548. The van der Waals surface area contributed by atoms with E-state index in [-0.39, 0.29) is 32.6 Å². The lowest BCUT2D eigenvalue weighted by molar-refractivity contribution is -0.165. The maximum atomic E-state index is 14.1. The molecule has 2 atom stereocenters. The molecule has 13 heteroatoms. The smallest absolute Gasteiger partial charge is 0.344 e. The normalized spacial score (nSPS) is 15.2. The summed E-state index contributed by atoms with van der Waals surface area (Å²) in [6.45, 7) is 16.9. The number of methoxy groups -OCH3 is 2. The number of carbonyl (C=O) groups is 5. The van der Waals surface area contributed by atoms with Crippen molar-refractivity contribution in [2.24, 2.45) is 5.41 Å². The number of likely N-dealkylation sites (tertiary alicyclic amines) is 1. The Kier molecular flexibility index (Phi) is 15.3. The van der Waals surface area contributed by atoms with E-state index in [1.54, 1.807) is 51.1 Å². The van der Waals surface area contributed by atoms with Crippen molar-refractivity contribution >= 4 is 29.6 Å². The van der Waals surface area contributed by atoms with Gasteiger partial charge in [0.05, 0.1) is 19.6 Å². The highest BCUT2D eigenvalue weighted by Gasteiger charge is 2.42. The fourth-order valence-corrected chi connectivity index (χ4v) is 5.86. The zero-order chi connectivity index (χ0) is 41.1. The number of Topliss-reactive ketones (excluding diaryl/α,β-unsaturated/α-hetero) is 1. The summed E-state index contributed by atoms with van der Waals surface area (Å²) in [5.74, 6) is -1.70. The summed E-state index contributed by atoms with van der Waals surface area (Å²) < 4.78 is 39.9. The summed E-state index contributed by atoms with van der Waals surface area (Å²) in [5, 5.41) is 0. The van der Waals surface area contributed by atoms with Crippen molar-refractivity contribution in [1.82, 2.24) is 4.90 Å². The molecular weight excluding hydrogens is 710 g/mol. The third kappa shape index (κ3) is 13.3. The Morgan fingerprint density at radius 2 is 1.56 bits per heavy atom. The summed E-state index contributed by atoms with van der Waals surface area (Å²) >= 11 is 0. The molecule has 2 aromatic carbocycles. The van der Waals surface area contributed by atoms with Crippen LogP contribution in [-0.2, 0) is 44.6 Å². The zero-order valence-electron chi connectivity index (χ0n) is 33.9. The quantitative estimate of drug-likeness (QED) is 0.0745. The number of aryl methyl sites for hydroxylation is 1. The molecule has 0 bridgehead atoms. The van der Waals surface area contributed by atoms with Crippen molar-refractivity contribution in [3.63, 3.8) is 0 Å². The number of esters is 3. The van der Waals surface area contributed by atoms with Gasteiger partial charge in [-0.25, -0.2) is 14.4 Å². The van der Waals surface area contributed by atoms with Gasteiger partial charge in [0, 0.05) is 18.7 Å². The van der Waals surface area contributed by atoms with Crippen LogP contribution in [0.3, 0.4) is 0 Å². The molecule has 0 radical (unpaired) electrons. The monoisotopic (exact) mass is 767 g/mol. The van der Waals surface area contributed by atoms with Gasteiger partial charge in [-0.15, -0.1) is 0 Å². The molecule has 0 aromatic heterocycles. The van der Waals surface area contributed by atoms with E-state index in [1.807, 2.05) is 26.8 Å². The number of ketones is 1. The molecule has 0 unspecified atom stereocenters. The highest BCUT2D eigenvalue weighted by Crippen LogP contribution is 2.38. The Morgan fingerprint density at radius 3 is 2.18 bits per heavy atom. The molecular formula is C42H57NO12. The molecule has 0 spiro atoms. The van der Waals surface area contributed by atoms with Gasteiger partial charge in [-0.05, 0) is 117 Å². The number of carbonyl (C=O) groups excluding carboxylic acids is 5. The highest BCUT2D eigenvalue weighted by molar-refractivity contribution is 6.38. The number of hydrogen-bond donors (Lipinski definition) is 0. The predicted octanol–water partition coefficient (Wildman–Crippen LogP) is 6.52. The van der Waals surface area contributed by atoms with Gasteiger partial charge in [-0.1, -0.05) is 18.7 Å². The van der Waals surface area contributed by atoms with E-state index < -0.39 is 58.4 Å². The molecule has 0 N–H and O–H groups in total. The summed E-state index contributed by atoms with van der Waals surface area (Å²) in [5.41, 5.74) is -1.24. The Labute approximate surface area is 324 Å².